The van der Waals surface area contributed by atoms with Crippen molar-refractivity contribution in [2.75, 3.05) is 4.90 Å². The fraction of sp³-hybridized carbons (Fsp3) is 0.0625. The standard InChI is InChI=1S/C64H43NO2/c1-63(2)55-20-10-6-16-47(55)50-33-30-45(38-58(50)63)65(46-31-34-52-51-19-9-13-23-59(51)66-62(52)39-46)44-28-24-40(25-29-44)41-26-35-60-54(36-41)53-32-27-43(37-61(53)67-60)64(42-14-4-3-5-15-42)56-21-11-7-17-48(56)49-18-8-12-22-57(49)64/h3-39H,1-2H3. The predicted molar refractivity (Wildman–Crippen MR) is 276 cm³/mol. The van der Waals surface area contributed by atoms with Crippen molar-refractivity contribution >= 4 is 60.9 Å². The van der Waals surface area contributed by atoms with Crippen molar-refractivity contribution in [1.82, 2.24) is 0 Å². The van der Waals surface area contributed by atoms with E-state index in [-0.39, 0.29) is 5.41 Å². The number of nitrogens with zero attached hydrogens (tertiary/aromatic N) is 1. The van der Waals surface area contributed by atoms with E-state index >= 15 is 0 Å². The summed E-state index contributed by atoms with van der Waals surface area (Å²) in [5.74, 6) is 0. The molecule has 2 heterocycles. The van der Waals surface area contributed by atoms with Gasteiger partial charge >= 0.3 is 0 Å². The first kappa shape index (κ1) is 37.9. The molecule has 67 heavy (non-hydrogen) atoms. The molecule has 0 bridgehead atoms. The molecule has 0 spiro atoms. The van der Waals surface area contributed by atoms with Gasteiger partial charge in [-0.1, -0.05) is 172 Å². The predicted octanol–water partition coefficient (Wildman–Crippen LogP) is 17.3. The van der Waals surface area contributed by atoms with Gasteiger partial charge in [0.25, 0.3) is 0 Å². The largest absolute Gasteiger partial charge is 0.456 e. The van der Waals surface area contributed by atoms with Gasteiger partial charge in [-0.2, -0.15) is 0 Å². The van der Waals surface area contributed by atoms with Gasteiger partial charge in [0.15, 0.2) is 0 Å². The lowest BCUT2D eigenvalue weighted by Gasteiger charge is -2.33. The highest BCUT2D eigenvalue weighted by Gasteiger charge is 2.46. The van der Waals surface area contributed by atoms with E-state index in [4.69, 9.17) is 8.83 Å². The molecule has 0 aliphatic heterocycles. The van der Waals surface area contributed by atoms with Gasteiger partial charge in [-0.15, -0.1) is 0 Å². The van der Waals surface area contributed by atoms with Gasteiger partial charge in [0.05, 0.1) is 5.41 Å². The smallest absolute Gasteiger partial charge is 0.137 e. The van der Waals surface area contributed by atoms with Crippen LogP contribution in [0.1, 0.15) is 47.2 Å². The number of fused-ring (bicyclic) bond motifs is 12. The molecule has 0 saturated heterocycles. The molecule has 10 aromatic carbocycles. The molecule has 3 nitrogen and oxygen atoms in total. The van der Waals surface area contributed by atoms with E-state index in [1.807, 2.05) is 12.1 Å². The second-order valence-electron chi connectivity index (χ2n) is 18.8. The number of hydrogen-bond acceptors (Lipinski definition) is 3. The summed E-state index contributed by atoms with van der Waals surface area (Å²) in [6.45, 7) is 4.68. The van der Waals surface area contributed by atoms with E-state index in [0.29, 0.717) is 0 Å². The first-order valence-electron chi connectivity index (χ1n) is 23.2. The minimum absolute atomic E-state index is 0.131. The molecule has 0 atom stereocenters. The number of rotatable bonds is 6. The van der Waals surface area contributed by atoms with Crippen molar-refractivity contribution in [3.63, 3.8) is 0 Å². The van der Waals surface area contributed by atoms with Crippen molar-refractivity contribution < 1.29 is 8.83 Å². The maximum Gasteiger partial charge on any atom is 0.137 e. The highest BCUT2D eigenvalue weighted by molar-refractivity contribution is 6.08. The third-order valence-corrected chi connectivity index (χ3v) is 15.0. The summed E-state index contributed by atoms with van der Waals surface area (Å²) >= 11 is 0. The van der Waals surface area contributed by atoms with Crippen LogP contribution in [0.25, 0.3) is 77.3 Å². The van der Waals surface area contributed by atoms with Crippen molar-refractivity contribution in [3.05, 3.63) is 258 Å². The number of anilines is 3. The molecule has 12 aromatic rings. The van der Waals surface area contributed by atoms with Crippen LogP contribution in [0.15, 0.2) is 233 Å². The topological polar surface area (TPSA) is 29.5 Å². The SMILES string of the molecule is CC1(C)c2ccccc2-c2ccc(N(c3ccc(-c4ccc5oc6cc(C7(c8ccccc8)c8ccccc8-c8ccccc87)ccc6c5c4)cc3)c3ccc4c(c3)oc3ccccc34)cc21. The van der Waals surface area contributed by atoms with Crippen molar-refractivity contribution in [2.24, 2.45) is 0 Å². The first-order chi connectivity index (χ1) is 32.9. The summed E-state index contributed by atoms with van der Waals surface area (Å²) in [6.07, 6.45) is 0. The maximum absolute atomic E-state index is 6.75. The van der Waals surface area contributed by atoms with Crippen LogP contribution in [0, 0.1) is 0 Å². The second kappa shape index (κ2) is 14.1. The molecule has 0 radical (unpaired) electrons. The molecule has 3 heteroatoms. The van der Waals surface area contributed by atoms with Gasteiger partial charge in [0.1, 0.15) is 22.3 Å². The zero-order chi connectivity index (χ0) is 44.4. The molecule has 0 amide bonds. The number of furan rings is 2. The first-order valence-corrected chi connectivity index (χ1v) is 23.2. The summed E-state index contributed by atoms with van der Waals surface area (Å²) < 4.78 is 13.2. The van der Waals surface area contributed by atoms with Crippen LogP contribution < -0.4 is 4.90 Å². The van der Waals surface area contributed by atoms with Crippen LogP contribution in [0.3, 0.4) is 0 Å². The average Bonchev–Trinajstić information content (AvgIpc) is 4.09. The Morgan fingerprint density at radius 1 is 0.313 bits per heavy atom. The zero-order valence-electron chi connectivity index (χ0n) is 37.1. The van der Waals surface area contributed by atoms with Gasteiger partial charge in [-0.05, 0) is 127 Å². The Bertz CT molecular complexity index is 3920. The third kappa shape index (κ3) is 5.40. The van der Waals surface area contributed by atoms with Gasteiger partial charge < -0.3 is 13.7 Å². The molecule has 0 unspecified atom stereocenters. The lowest BCUT2D eigenvalue weighted by atomic mass is 9.67. The van der Waals surface area contributed by atoms with E-state index in [9.17, 15) is 0 Å². The van der Waals surface area contributed by atoms with Gasteiger partial charge in [-0.3, -0.25) is 0 Å². The minimum atomic E-state index is -0.485. The fourth-order valence-corrected chi connectivity index (χ4v) is 11.8. The van der Waals surface area contributed by atoms with Gasteiger partial charge in [0, 0.05) is 50.1 Å². The molecule has 2 aromatic heterocycles. The van der Waals surface area contributed by atoms with Crippen molar-refractivity contribution in [3.8, 4) is 33.4 Å². The Labute approximate surface area is 388 Å². The Balaban J connectivity index is 0.868. The Hall–Kier alpha value is -8.40. The Morgan fingerprint density at radius 3 is 1.60 bits per heavy atom. The summed E-state index contributed by atoms with van der Waals surface area (Å²) in [7, 11) is 0. The van der Waals surface area contributed by atoms with E-state index in [1.54, 1.807) is 0 Å². The van der Waals surface area contributed by atoms with Crippen LogP contribution in [0.4, 0.5) is 17.1 Å². The molecule has 0 saturated carbocycles. The fourth-order valence-electron chi connectivity index (χ4n) is 11.8. The number of para-hydroxylation sites is 1. The Morgan fingerprint density at radius 2 is 0.836 bits per heavy atom. The highest BCUT2D eigenvalue weighted by Crippen LogP contribution is 2.57. The van der Waals surface area contributed by atoms with E-state index in [0.717, 1.165) is 72.1 Å². The quantitative estimate of drug-likeness (QED) is 0.167. The molecule has 14 rings (SSSR count). The van der Waals surface area contributed by atoms with Crippen LogP contribution in [0.2, 0.25) is 0 Å². The summed E-state index contributed by atoms with van der Waals surface area (Å²) in [4.78, 5) is 2.36. The van der Waals surface area contributed by atoms with Crippen LogP contribution >= 0.6 is 0 Å². The molecule has 0 N–H and O–H groups in total. The second-order valence-corrected chi connectivity index (χ2v) is 18.8. The van der Waals surface area contributed by atoms with Crippen LogP contribution in [-0.2, 0) is 10.8 Å². The zero-order valence-corrected chi connectivity index (χ0v) is 37.1. The van der Waals surface area contributed by atoms with Gasteiger partial charge in [0.2, 0.25) is 0 Å². The molecule has 2 aliphatic carbocycles. The van der Waals surface area contributed by atoms with E-state index in [2.05, 4.69) is 231 Å². The Kier molecular flexibility index (Phi) is 7.95. The summed E-state index contributed by atoms with van der Waals surface area (Å²) in [5, 5.41) is 4.45. The molecular formula is C64H43NO2. The number of benzene rings is 10. The molecular weight excluding hydrogens is 815 g/mol. The normalized spacial score (nSPS) is 14.1. The average molecular weight is 858 g/mol. The molecule has 316 valence electrons. The van der Waals surface area contributed by atoms with E-state index in [1.165, 1.54) is 55.6 Å². The van der Waals surface area contributed by atoms with Crippen LogP contribution in [0.5, 0.6) is 0 Å². The lowest BCUT2D eigenvalue weighted by Crippen LogP contribution is -2.28. The number of hydrogen-bond donors (Lipinski definition) is 0. The highest BCUT2D eigenvalue weighted by atomic mass is 16.3. The summed E-state index contributed by atoms with van der Waals surface area (Å²) in [6, 6.07) is 81.8. The third-order valence-electron chi connectivity index (χ3n) is 15.0. The minimum Gasteiger partial charge on any atom is -0.456 e. The van der Waals surface area contributed by atoms with Crippen LogP contribution in [-0.4, -0.2) is 0 Å². The summed E-state index contributed by atoms with van der Waals surface area (Å²) in [5.41, 5.74) is 21.3. The monoisotopic (exact) mass is 857 g/mol. The van der Waals surface area contributed by atoms with Crippen molar-refractivity contribution in [2.45, 2.75) is 24.7 Å². The molecule has 2 aliphatic rings. The molecule has 0 fully saturated rings. The van der Waals surface area contributed by atoms with Crippen molar-refractivity contribution in [1.29, 1.82) is 0 Å². The lowest BCUT2D eigenvalue weighted by molar-refractivity contribution is 0.660. The van der Waals surface area contributed by atoms with E-state index < -0.39 is 5.41 Å². The maximum atomic E-state index is 6.75. The van der Waals surface area contributed by atoms with Gasteiger partial charge in [-0.25, -0.2) is 0 Å².